The molecule has 0 radical (unpaired) electrons. The highest BCUT2D eigenvalue weighted by molar-refractivity contribution is 7.92. The van der Waals surface area contributed by atoms with Crippen LogP contribution >= 0.6 is 0 Å². The third-order valence-corrected chi connectivity index (χ3v) is 6.49. The summed E-state index contributed by atoms with van der Waals surface area (Å²) in [6.07, 6.45) is 5.92. The van der Waals surface area contributed by atoms with Gasteiger partial charge in [0, 0.05) is 0 Å². The normalized spacial score (nSPS) is 29.7. The number of allylic oxidation sites excluding steroid dienone is 1. The van der Waals surface area contributed by atoms with E-state index in [4.69, 9.17) is 4.74 Å². The molecule has 2 rings (SSSR count). The van der Waals surface area contributed by atoms with E-state index in [-0.39, 0.29) is 22.9 Å². The summed E-state index contributed by atoms with van der Waals surface area (Å²) in [7, 11) is -2.90. The Morgan fingerprint density at radius 1 is 1.33 bits per heavy atom. The molecule has 2 unspecified atom stereocenters. The molecule has 18 heavy (non-hydrogen) atoms. The largest absolute Gasteiger partial charge is 0.466 e. The first-order valence-corrected chi connectivity index (χ1v) is 8.21. The second kappa shape index (κ2) is 5.43. The van der Waals surface area contributed by atoms with Crippen molar-refractivity contribution in [1.29, 1.82) is 0 Å². The molecule has 2 atom stereocenters. The van der Waals surface area contributed by atoms with Crippen LogP contribution in [0.5, 0.6) is 0 Å². The molecule has 0 aromatic heterocycles. The summed E-state index contributed by atoms with van der Waals surface area (Å²) in [5, 5.41) is -0.420. The van der Waals surface area contributed by atoms with E-state index in [0.717, 1.165) is 24.8 Å². The van der Waals surface area contributed by atoms with Gasteiger partial charge in [0.15, 0.2) is 9.84 Å². The highest BCUT2D eigenvalue weighted by atomic mass is 32.2. The van der Waals surface area contributed by atoms with Crippen molar-refractivity contribution in [1.82, 2.24) is 0 Å². The molecule has 0 aliphatic carbocycles. The Kier molecular flexibility index (Phi) is 4.10. The van der Waals surface area contributed by atoms with Gasteiger partial charge in [-0.3, -0.25) is 4.79 Å². The average molecular weight is 272 g/mol. The van der Waals surface area contributed by atoms with Gasteiger partial charge < -0.3 is 4.74 Å². The van der Waals surface area contributed by atoms with Crippen molar-refractivity contribution in [3.63, 3.8) is 0 Å². The molecule has 4 nitrogen and oxygen atoms in total. The van der Waals surface area contributed by atoms with Crippen LogP contribution in [-0.2, 0) is 19.4 Å². The smallest absolute Gasteiger partial charge is 0.309 e. The molecule has 2 aliphatic rings. The van der Waals surface area contributed by atoms with Crippen molar-refractivity contribution in [2.24, 2.45) is 0 Å². The molecular formula is C13H20O4S. The molecule has 0 amide bonds. The van der Waals surface area contributed by atoms with E-state index >= 15 is 0 Å². The fraction of sp³-hybridized carbons (Fsp3) is 0.769. The molecule has 5 heteroatoms. The number of esters is 1. The van der Waals surface area contributed by atoms with Crippen molar-refractivity contribution in [3.8, 4) is 0 Å². The Labute approximate surface area is 108 Å². The lowest BCUT2D eigenvalue weighted by Crippen LogP contribution is -2.40. The van der Waals surface area contributed by atoms with Gasteiger partial charge in [0.05, 0.1) is 23.5 Å². The number of sulfone groups is 1. The fourth-order valence-electron chi connectivity index (χ4n) is 2.89. The second-order valence-electron chi connectivity index (χ2n) is 5.04. The first-order chi connectivity index (χ1) is 8.54. The van der Waals surface area contributed by atoms with Crippen LogP contribution in [0.15, 0.2) is 11.6 Å². The fourth-order valence-corrected chi connectivity index (χ4v) is 5.32. The summed E-state index contributed by atoms with van der Waals surface area (Å²) in [6.45, 7) is 2.17. The van der Waals surface area contributed by atoms with Crippen molar-refractivity contribution in [2.45, 2.75) is 55.9 Å². The summed E-state index contributed by atoms with van der Waals surface area (Å²) < 4.78 is 29.0. The minimum absolute atomic E-state index is 0.210. The molecule has 2 heterocycles. The first kappa shape index (κ1) is 13.6. The molecule has 2 fully saturated rings. The predicted molar refractivity (Wildman–Crippen MR) is 68.9 cm³/mol. The zero-order valence-corrected chi connectivity index (χ0v) is 11.5. The summed E-state index contributed by atoms with van der Waals surface area (Å²) in [4.78, 5) is 11.3. The van der Waals surface area contributed by atoms with Crippen LogP contribution < -0.4 is 0 Å². The maximum Gasteiger partial charge on any atom is 0.309 e. The SMILES string of the molecule is CCOC(=O)CC=C1CC2CCCC(C1)S2(=O)=O. The number of ether oxygens (including phenoxy) is 1. The Hall–Kier alpha value is -0.840. The van der Waals surface area contributed by atoms with Crippen molar-refractivity contribution < 1.29 is 17.9 Å². The van der Waals surface area contributed by atoms with Crippen LogP contribution in [-0.4, -0.2) is 31.5 Å². The van der Waals surface area contributed by atoms with E-state index < -0.39 is 9.84 Å². The van der Waals surface area contributed by atoms with Crippen molar-refractivity contribution in [2.75, 3.05) is 6.61 Å². The lowest BCUT2D eigenvalue weighted by atomic mass is 9.93. The summed E-state index contributed by atoms with van der Waals surface area (Å²) in [5.41, 5.74) is 1.12. The van der Waals surface area contributed by atoms with Crippen LogP contribution in [0, 0.1) is 0 Å². The molecule has 2 bridgehead atoms. The molecule has 0 aromatic rings. The molecule has 0 N–H and O–H groups in total. The standard InChI is InChI=1S/C13H20O4S/c1-2-17-13(14)7-6-10-8-11-4-3-5-12(9-10)18(11,15)16/h6,11-12H,2-5,7-9H2,1H3. The quantitative estimate of drug-likeness (QED) is 0.582. The third-order valence-electron chi connectivity index (χ3n) is 3.82. The number of carbonyl (C=O) groups is 1. The van der Waals surface area contributed by atoms with E-state index in [0.29, 0.717) is 19.4 Å². The van der Waals surface area contributed by atoms with Gasteiger partial charge in [0.1, 0.15) is 0 Å². The summed E-state index contributed by atoms with van der Waals surface area (Å²) >= 11 is 0. The Morgan fingerprint density at radius 3 is 2.50 bits per heavy atom. The predicted octanol–water partition coefficient (Wildman–Crippen LogP) is 2.00. The number of fused-ring (bicyclic) bond motifs is 2. The maximum atomic E-state index is 12.1. The van der Waals surface area contributed by atoms with Gasteiger partial charge in [0.2, 0.25) is 0 Å². The minimum Gasteiger partial charge on any atom is -0.466 e. The molecular weight excluding hydrogens is 252 g/mol. The molecule has 0 aromatic carbocycles. The summed E-state index contributed by atoms with van der Waals surface area (Å²) in [6, 6.07) is 0. The average Bonchev–Trinajstić information content (AvgIpc) is 2.26. The number of hydrogen-bond acceptors (Lipinski definition) is 4. The van der Waals surface area contributed by atoms with Crippen LogP contribution in [0.3, 0.4) is 0 Å². The highest BCUT2D eigenvalue weighted by Gasteiger charge is 2.41. The molecule has 0 spiro atoms. The third kappa shape index (κ3) is 2.76. The van der Waals surface area contributed by atoms with Crippen LogP contribution in [0.2, 0.25) is 0 Å². The molecule has 0 saturated carbocycles. The van der Waals surface area contributed by atoms with Crippen molar-refractivity contribution in [3.05, 3.63) is 11.6 Å². The molecule has 102 valence electrons. The van der Waals surface area contributed by atoms with Crippen molar-refractivity contribution >= 4 is 15.8 Å². The lowest BCUT2D eigenvalue weighted by Gasteiger charge is -2.35. The Bertz CT molecular complexity index is 428. The lowest BCUT2D eigenvalue weighted by molar-refractivity contribution is -0.142. The van der Waals surface area contributed by atoms with Gasteiger partial charge in [-0.15, -0.1) is 0 Å². The summed E-state index contributed by atoms with van der Waals surface area (Å²) in [5.74, 6) is -0.233. The van der Waals surface area contributed by atoms with Crippen LogP contribution in [0.25, 0.3) is 0 Å². The van der Waals surface area contributed by atoms with Gasteiger partial charge in [-0.05, 0) is 32.6 Å². The van der Waals surface area contributed by atoms with Crippen LogP contribution in [0.4, 0.5) is 0 Å². The van der Waals surface area contributed by atoms with Crippen LogP contribution in [0.1, 0.15) is 45.4 Å². The van der Waals surface area contributed by atoms with E-state index in [2.05, 4.69) is 0 Å². The Balaban J connectivity index is 2.02. The number of rotatable bonds is 3. The first-order valence-electron chi connectivity index (χ1n) is 6.60. The minimum atomic E-state index is -2.90. The van der Waals surface area contributed by atoms with E-state index in [1.54, 1.807) is 6.92 Å². The zero-order chi connectivity index (χ0) is 13.2. The van der Waals surface area contributed by atoms with Gasteiger partial charge in [-0.2, -0.15) is 0 Å². The number of hydrogen-bond donors (Lipinski definition) is 0. The van der Waals surface area contributed by atoms with E-state index in [1.165, 1.54) is 0 Å². The van der Waals surface area contributed by atoms with Gasteiger partial charge in [0.25, 0.3) is 0 Å². The monoisotopic (exact) mass is 272 g/mol. The maximum absolute atomic E-state index is 12.1. The van der Waals surface area contributed by atoms with Gasteiger partial charge in [-0.25, -0.2) is 8.42 Å². The molecule has 2 aliphatic heterocycles. The zero-order valence-electron chi connectivity index (χ0n) is 10.7. The molecule has 2 saturated heterocycles. The van der Waals surface area contributed by atoms with Gasteiger partial charge in [-0.1, -0.05) is 18.1 Å². The number of carbonyl (C=O) groups excluding carboxylic acids is 1. The van der Waals surface area contributed by atoms with E-state index in [9.17, 15) is 13.2 Å². The van der Waals surface area contributed by atoms with E-state index in [1.807, 2.05) is 6.08 Å². The Morgan fingerprint density at radius 2 is 1.94 bits per heavy atom. The topological polar surface area (TPSA) is 60.4 Å². The van der Waals surface area contributed by atoms with Gasteiger partial charge >= 0.3 is 5.97 Å². The second-order valence-corrected chi connectivity index (χ2v) is 7.56. The highest BCUT2D eigenvalue weighted by Crippen LogP contribution is 2.39.